The van der Waals surface area contributed by atoms with Crippen LogP contribution < -0.4 is 9.47 Å². The molecule has 0 saturated carbocycles. The number of fused-ring (bicyclic) bond motifs is 1. The molecule has 1 aromatic heterocycles. The van der Waals surface area contributed by atoms with Gasteiger partial charge in [-0.3, -0.25) is 9.78 Å². The van der Waals surface area contributed by atoms with E-state index in [2.05, 4.69) is 4.98 Å². The fourth-order valence-corrected chi connectivity index (χ4v) is 2.41. The average molecular weight is 293 g/mol. The summed E-state index contributed by atoms with van der Waals surface area (Å²) in [6.45, 7) is 0. The first-order valence-corrected chi connectivity index (χ1v) is 6.85. The molecular weight excluding hydrogens is 278 g/mol. The van der Waals surface area contributed by atoms with Crippen molar-refractivity contribution in [3.63, 3.8) is 0 Å². The Balaban J connectivity index is 2.10. The van der Waals surface area contributed by atoms with Crippen LogP contribution in [0.15, 0.2) is 54.7 Å². The number of nitrogens with zero attached hydrogens (tertiary/aromatic N) is 1. The molecule has 0 unspecified atom stereocenters. The maximum absolute atomic E-state index is 12.8. The molecule has 4 heteroatoms. The third-order valence-electron chi connectivity index (χ3n) is 3.53. The van der Waals surface area contributed by atoms with E-state index < -0.39 is 0 Å². The minimum Gasteiger partial charge on any atom is -0.493 e. The molecule has 3 rings (SSSR count). The summed E-state index contributed by atoms with van der Waals surface area (Å²) in [4.78, 5) is 17.0. The lowest BCUT2D eigenvalue weighted by atomic mass is 10.0. The predicted octanol–water partition coefficient (Wildman–Crippen LogP) is 3.48. The zero-order valence-corrected chi connectivity index (χ0v) is 12.4. The summed E-state index contributed by atoms with van der Waals surface area (Å²) < 4.78 is 10.4. The highest BCUT2D eigenvalue weighted by Crippen LogP contribution is 2.29. The molecule has 0 atom stereocenters. The van der Waals surface area contributed by atoms with Crippen molar-refractivity contribution in [2.24, 2.45) is 0 Å². The lowest BCUT2D eigenvalue weighted by Crippen LogP contribution is -2.05. The zero-order chi connectivity index (χ0) is 15.5. The first-order chi connectivity index (χ1) is 10.7. The smallest absolute Gasteiger partial charge is 0.212 e. The topological polar surface area (TPSA) is 48.4 Å². The maximum Gasteiger partial charge on any atom is 0.212 e. The average Bonchev–Trinajstić information content (AvgIpc) is 2.60. The van der Waals surface area contributed by atoms with Crippen molar-refractivity contribution in [1.82, 2.24) is 4.98 Å². The van der Waals surface area contributed by atoms with Crippen molar-refractivity contribution in [3.8, 4) is 11.5 Å². The highest BCUT2D eigenvalue weighted by molar-refractivity contribution is 6.15. The van der Waals surface area contributed by atoms with Crippen molar-refractivity contribution >= 4 is 16.6 Å². The molecule has 0 radical (unpaired) electrons. The molecule has 0 saturated heterocycles. The Bertz CT molecular complexity index is 837. The van der Waals surface area contributed by atoms with E-state index in [1.807, 2.05) is 30.3 Å². The van der Waals surface area contributed by atoms with Gasteiger partial charge in [0.15, 0.2) is 11.5 Å². The van der Waals surface area contributed by atoms with E-state index in [1.165, 1.54) is 0 Å². The van der Waals surface area contributed by atoms with Crippen LogP contribution >= 0.6 is 0 Å². The van der Waals surface area contributed by atoms with E-state index in [1.54, 1.807) is 38.6 Å². The quantitative estimate of drug-likeness (QED) is 0.691. The van der Waals surface area contributed by atoms with E-state index in [4.69, 9.17) is 9.47 Å². The summed E-state index contributed by atoms with van der Waals surface area (Å²) in [7, 11) is 3.11. The second kappa shape index (κ2) is 5.85. The van der Waals surface area contributed by atoms with Crippen LogP contribution in [0.4, 0.5) is 0 Å². The molecule has 0 bridgehead atoms. The van der Waals surface area contributed by atoms with E-state index in [0.29, 0.717) is 22.8 Å². The van der Waals surface area contributed by atoms with Crippen molar-refractivity contribution in [2.75, 3.05) is 14.2 Å². The van der Waals surface area contributed by atoms with Crippen LogP contribution in [-0.2, 0) is 0 Å². The van der Waals surface area contributed by atoms with Gasteiger partial charge in [0.2, 0.25) is 5.78 Å². The highest BCUT2D eigenvalue weighted by Gasteiger charge is 2.16. The van der Waals surface area contributed by atoms with Gasteiger partial charge in [-0.2, -0.15) is 0 Å². The number of carbonyl (C=O) groups is 1. The molecule has 2 aromatic carbocycles. The Hall–Kier alpha value is -2.88. The van der Waals surface area contributed by atoms with Crippen molar-refractivity contribution < 1.29 is 14.3 Å². The fraction of sp³-hybridized carbons (Fsp3) is 0.111. The van der Waals surface area contributed by atoms with Gasteiger partial charge in [-0.05, 0) is 29.7 Å². The summed E-state index contributed by atoms with van der Waals surface area (Å²) in [5, 5.41) is 1.83. The van der Waals surface area contributed by atoms with Crippen LogP contribution in [0.2, 0.25) is 0 Å². The second-order valence-electron chi connectivity index (χ2n) is 4.78. The number of aromatic nitrogens is 1. The summed E-state index contributed by atoms with van der Waals surface area (Å²) >= 11 is 0. The van der Waals surface area contributed by atoms with Gasteiger partial charge in [-0.25, -0.2) is 0 Å². The van der Waals surface area contributed by atoms with Crippen LogP contribution in [-0.4, -0.2) is 25.0 Å². The fourth-order valence-electron chi connectivity index (χ4n) is 2.41. The van der Waals surface area contributed by atoms with Crippen molar-refractivity contribution in [1.29, 1.82) is 0 Å². The van der Waals surface area contributed by atoms with Crippen LogP contribution in [0, 0.1) is 0 Å². The monoisotopic (exact) mass is 293 g/mol. The highest BCUT2D eigenvalue weighted by atomic mass is 16.5. The largest absolute Gasteiger partial charge is 0.493 e. The van der Waals surface area contributed by atoms with Gasteiger partial charge >= 0.3 is 0 Å². The number of ketones is 1. The van der Waals surface area contributed by atoms with E-state index in [9.17, 15) is 4.79 Å². The summed E-state index contributed by atoms with van der Waals surface area (Å²) in [6, 6.07) is 14.7. The molecule has 0 aliphatic rings. The van der Waals surface area contributed by atoms with Crippen LogP contribution in [0.3, 0.4) is 0 Å². The second-order valence-corrected chi connectivity index (χ2v) is 4.78. The summed E-state index contributed by atoms with van der Waals surface area (Å²) in [5.74, 6) is 0.969. The molecule has 0 aliphatic heterocycles. The van der Waals surface area contributed by atoms with Crippen molar-refractivity contribution in [3.05, 3.63) is 66.0 Å². The van der Waals surface area contributed by atoms with Gasteiger partial charge < -0.3 is 9.47 Å². The molecule has 0 amide bonds. The Morgan fingerprint density at radius 3 is 2.50 bits per heavy atom. The molecule has 0 aliphatic carbocycles. The van der Waals surface area contributed by atoms with Gasteiger partial charge in [0.05, 0.1) is 14.2 Å². The number of rotatable bonds is 4. The number of hydrogen-bond donors (Lipinski definition) is 0. The number of methoxy groups -OCH3 is 2. The van der Waals surface area contributed by atoms with E-state index in [0.717, 1.165) is 10.8 Å². The third kappa shape index (κ3) is 2.39. The van der Waals surface area contributed by atoms with Crippen LogP contribution in [0.1, 0.15) is 16.1 Å². The van der Waals surface area contributed by atoms with Gasteiger partial charge in [0.1, 0.15) is 5.69 Å². The van der Waals surface area contributed by atoms with Gasteiger partial charge in [-0.15, -0.1) is 0 Å². The number of carbonyl (C=O) groups excluding carboxylic acids is 1. The number of benzene rings is 2. The molecule has 0 spiro atoms. The number of ether oxygens (including phenoxy) is 2. The normalized spacial score (nSPS) is 10.5. The maximum atomic E-state index is 12.8. The minimum absolute atomic E-state index is 0.141. The third-order valence-corrected chi connectivity index (χ3v) is 3.53. The van der Waals surface area contributed by atoms with Crippen LogP contribution in [0.5, 0.6) is 11.5 Å². The predicted molar refractivity (Wildman–Crippen MR) is 84.7 cm³/mol. The lowest BCUT2D eigenvalue weighted by Gasteiger charge is -2.09. The molecule has 0 N–H and O–H groups in total. The molecule has 110 valence electrons. The lowest BCUT2D eigenvalue weighted by molar-refractivity contribution is 0.103. The Labute approximate surface area is 128 Å². The molecule has 22 heavy (non-hydrogen) atoms. The number of hydrogen-bond acceptors (Lipinski definition) is 4. The first-order valence-electron chi connectivity index (χ1n) is 6.85. The van der Waals surface area contributed by atoms with E-state index >= 15 is 0 Å². The summed E-state index contributed by atoms with van der Waals surface area (Å²) in [5.41, 5.74) is 0.951. The molecule has 3 aromatic rings. The molecule has 4 nitrogen and oxygen atoms in total. The van der Waals surface area contributed by atoms with Gasteiger partial charge in [-0.1, -0.05) is 24.3 Å². The molecule has 0 fully saturated rings. The Morgan fingerprint density at radius 2 is 1.73 bits per heavy atom. The minimum atomic E-state index is -0.141. The summed E-state index contributed by atoms with van der Waals surface area (Å²) in [6.07, 6.45) is 1.65. The standard InChI is InChI=1S/C18H15NO3/c1-21-15-8-7-13(11-16(15)22-2)18(20)17-14-6-4-3-5-12(14)9-10-19-17/h3-11H,1-2H3. The first kappa shape index (κ1) is 14.1. The molecule has 1 heterocycles. The Morgan fingerprint density at radius 1 is 0.955 bits per heavy atom. The zero-order valence-electron chi connectivity index (χ0n) is 12.4. The van der Waals surface area contributed by atoms with Gasteiger partial charge in [0, 0.05) is 17.1 Å². The van der Waals surface area contributed by atoms with Crippen LogP contribution in [0.25, 0.3) is 10.8 Å². The van der Waals surface area contributed by atoms with Gasteiger partial charge in [0.25, 0.3) is 0 Å². The SMILES string of the molecule is COc1ccc(C(=O)c2nccc3ccccc23)cc1OC. The number of pyridine rings is 1. The van der Waals surface area contributed by atoms with Crippen molar-refractivity contribution in [2.45, 2.75) is 0 Å². The Kier molecular flexibility index (Phi) is 3.74. The molecular formula is C18H15NO3. The van der Waals surface area contributed by atoms with E-state index in [-0.39, 0.29) is 5.78 Å².